The van der Waals surface area contributed by atoms with E-state index in [4.69, 9.17) is 17.3 Å². The first-order valence-electron chi connectivity index (χ1n) is 6.12. The molecule has 100 valence electrons. The fraction of sp³-hybridized carbons (Fsp3) is 0.0667. The molecule has 0 saturated heterocycles. The van der Waals surface area contributed by atoms with Crippen LogP contribution in [0.15, 0.2) is 42.5 Å². The number of carbonyl (C=O) groups is 1. The Kier molecular flexibility index (Phi) is 2.95. The van der Waals surface area contributed by atoms with Gasteiger partial charge < -0.3 is 5.73 Å². The van der Waals surface area contributed by atoms with Crippen LogP contribution in [-0.4, -0.2) is 15.5 Å². The van der Waals surface area contributed by atoms with E-state index >= 15 is 0 Å². The third kappa shape index (κ3) is 1.94. The van der Waals surface area contributed by atoms with Crippen LogP contribution in [0, 0.1) is 6.92 Å². The van der Waals surface area contributed by atoms with E-state index in [0.717, 1.165) is 22.5 Å². The molecule has 0 aliphatic rings. The van der Waals surface area contributed by atoms with Gasteiger partial charge in [0.25, 0.3) is 0 Å². The monoisotopic (exact) mass is 285 g/mol. The molecule has 0 radical (unpaired) electrons. The van der Waals surface area contributed by atoms with E-state index in [1.54, 1.807) is 18.2 Å². The van der Waals surface area contributed by atoms with Gasteiger partial charge in [0, 0.05) is 5.56 Å². The molecule has 3 rings (SSSR count). The molecule has 4 nitrogen and oxygen atoms in total. The quantitative estimate of drug-likeness (QED) is 0.786. The predicted octanol–water partition coefficient (Wildman–Crippen LogP) is 3.09. The van der Waals surface area contributed by atoms with Gasteiger partial charge in [0.05, 0.1) is 21.7 Å². The van der Waals surface area contributed by atoms with Crippen molar-refractivity contribution in [3.8, 4) is 5.69 Å². The molecule has 5 heteroatoms. The summed E-state index contributed by atoms with van der Waals surface area (Å²) in [5.41, 5.74) is 8.30. The van der Waals surface area contributed by atoms with Crippen LogP contribution in [0.4, 0.5) is 0 Å². The normalized spacial score (nSPS) is 10.9. The Morgan fingerprint density at radius 3 is 2.70 bits per heavy atom. The number of benzene rings is 2. The number of primary amides is 1. The van der Waals surface area contributed by atoms with Crippen molar-refractivity contribution in [1.29, 1.82) is 0 Å². The summed E-state index contributed by atoms with van der Waals surface area (Å²) in [6.07, 6.45) is 0. The number of amides is 1. The van der Waals surface area contributed by atoms with Gasteiger partial charge in [-0.15, -0.1) is 0 Å². The molecule has 0 aliphatic carbocycles. The van der Waals surface area contributed by atoms with E-state index < -0.39 is 5.91 Å². The number of hydrogen-bond donors (Lipinski definition) is 1. The van der Waals surface area contributed by atoms with Gasteiger partial charge in [-0.1, -0.05) is 23.7 Å². The standard InChI is InChI=1S/C15H12ClN3O/c1-9-18-12-4-2-3-5-14(12)19(9)13-7-6-10(15(17)20)8-11(13)16/h2-8H,1H3,(H2,17,20). The summed E-state index contributed by atoms with van der Waals surface area (Å²) in [6.45, 7) is 1.92. The number of rotatable bonds is 2. The molecule has 1 heterocycles. The molecular formula is C15H12ClN3O. The maximum Gasteiger partial charge on any atom is 0.248 e. The van der Waals surface area contributed by atoms with Crippen LogP contribution in [-0.2, 0) is 0 Å². The van der Waals surface area contributed by atoms with Gasteiger partial charge in [-0.05, 0) is 37.3 Å². The maximum absolute atomic E-state index is 11.2. The van der Waals surface area contributed by atoms with E-state index in [-0.39, 0.29) is 0 Å². The Labute approximate surface area is 120 Å². The molecule has 3 aromatic rings. The minimum atomic E-state index is -0.495. The minimum Gasteiger partial charge on any atom is -0.366 e. The number of fused-ring (bicyclic) bond motifs is 1. The van der Waals surface area contributed by atoms with Crippen molar-refractivity contribution in [2.45, 2.75) is 6.92 Å². The number of hydrogen-bond acceptors (Lipinski definition) is 2. The number of carbonyl (C=O) groups excluding carboxylic acids is 1. The third-order valence-corrected chi connectivity index (χ3v) is 3.50. The SMILES string of the molecule is Cc1nc2ccccc2n1-c1ccc(C(N)=O)cc1Cl. The Morgan fingerprint density at radius 2 is 2.00 bits per heavy atom. The average Bonchev–Trinajstić information content (AvgIpc) is 2.74. The summed E-state index contributed by atoms with van der Waals surface area (Å²) >= 11 is 6.28. The Morgan fingerprint density at radius 1 is 1.25 bits per heavy atom. The summed E-state index contributed by atoms with van der Waals surface area (Å²) < 4.78 is 1.96. The maximum atomic E-state index is 11.2. The average molecular weight is 286 g/mol. The zero-order valence-electron chi connectivity index (χ0n) is 10.8. The van der Waals surface area contributed by atoms with Gasteiger partial charge in [-0.3, -0.25) is 9.36 Å². The first-order chi connectivity index (χ1) is 9.58. The fourth-order valence-electron chi connectivity index (χ4n) is 2.29. The molecule has 0 aliphatic heterocycles. The van der Waals surface area contributed by atoms with Crippen molar-refractivity contribution in [1.82, 2.24) is 9.55 Å². The lowest BCUT2D eigenvalue weighted by atomic mass is 10.2. The molecule has 0 saturated carbocycles. The van der Waals surface area contributed by atoms with Crippen molar-refractivity contribution in [3.05, 3.63) is 58.9 Å². The van der Waals surface area contributed by atoms with E-state index in [1.165, 1.54) is 0 Å². The first-order valence-corrected chi connectivity index (χ1v) is 6.49. The molecule has 1 aromatic heterocycles. The molecule has 0 spiro atoms. The highest BCUT2D eigenvalue weighted by Gasteiger charge is 2.12. The molecule has 0 unspecified atom stereocenters. The van der Waals surface area contributed by atoms with E-state index in [9.17, 15) is 4.79 Å². The van der Waals surface area contributed by atoms with Gasteiger partial charge in [0.2, 0.25) is 5.91 Å². The van der Waals surface area contributed by atoms with Gasteiger partial charge in [-0.25, -0.2) is 4.98 Å². The summed E-state index contributed by atoms with van der Waals surface area (Å²) in [4.78, 5) is 15.7. The molecular weight excluding hydrogens is 274 g/mol. The number of imidazole rings is 1. The zero-order chi connectivity index (χ0) is 14.3. The third-order valence-electron chi connectivity index (χ3n) is 3.20. The van der Waals surface area contributed by atoms with Crippen LogP contribution in [0.1, 0.15) is 16.2 Å². The molecule has 1 amide bonds. The van der Waals surface area contributed by atoms with Crippen LogP contribution < -0.4 is 5.73 Å². The lowest BCUT2D eigenvalue weighted by Gasteiger charge is -2.10. The van der Waals surface area contributed by atoms with Gasteiger partial charge in [-0.2, -0.15) is 0 Å². The first kappa shape index (κ1) is 12.7. The Bertz CT molecular complexity index is 823. The predicted molar refractivity (Wildman–Crippen MR) is 79.3 cm³/mol. The fourth-order valence-corrected chi connectivity index (χ4v) is 2.56. The lowest BCUT2D eigenvalue weighted by molar-refractivity contribution is 0.100. The van der Waals surface area contributed by atoms with E-state index in [2.05, 4.69) is 4.98 Å². The largest absolute Gasteiger partial charge is 0.366 e. The second-order valence-corrected chi connectivity index (χ2v) is 4.92. The highest BCUT2D eigenvalue weighted by molar-refractivity contribution is 6.32. The van der Waals surface area contributed by atoms with Gasteiger partial charge in [0.1, 0.15) is 5.82 Å². The molecule has 0 fully saturated rings. The second-order valence-electron chi connectivity index (χ2n) is 4.51. The Hall–Kier alpha value is -2.33. The second kappa shape index (κ2) is 4.65. The summed E-state index contributed by atoms with van der Waals surface area (Å²) in [6, 6.07) is 12.8. The van der Waals surface area contributed by atoms with Crippen molar-refractivity contribution in [3.63, 3.8) is 0 Å². The molecule has 0 atom stereocenters. The number of nitrogens with two attached hydrogens (primary N) is 1. The lowest BCUT2D eigenvalue weighted by Crippen LogP contribution is -2.11. The summed E-state index contributed by atoms with van der Waals surface area (Å²) in [7, 11) is 0. The number of halogens is 1. The van der Waals surface area contributed by atoms with Gasteiger partial charge in [0.15, 0.2) is 0 Å². The highest BCUT2D eigenvalue weighted by Crippen LogP contribution is 2.27. The van der Waals surface area contributed by atoms with Crippen LogP contribution in [0.5, 0.6) is 0 Å². The highest BCUT2D eigenvalue weighted by atomic mass is 35.5. The van der Waals surface area contributed by atoms with Crippen LogP contribution in [0.2, 0.25) is 5.02 Å². The van der Waals surface area contributed by atoms with Crippen molar-refractivity contribution >= 4 is 28.5 Å². The molecule has 2 aromatic carbocycles. The van der Waals surface area contributed by atoms with Crippen molar-refractivity contribution in [2.24, 2.45) is 5.73 Å². The topological polar surface area (TPSA) is 60.9 Å². The number of nitrogens with zero attached hydrogens (tertiary/aromatic N) is 2. The van der Waals surface area contributed by atoms with Crippen LogP contribution in [0.25, 0.3) is 16.7 Å². The van der Waals surface area contributed by atoms with Crippen molar-refractivity contribution < 1.29 is 4.79 Å². The summed E-state index contributed by atoms with van der Waals surface area (Å²) in [5, 5.41) is 0.465. The molecule has 2 N–H and O–H groups in total. The zero-order valence-corrected chi connectivity index (χ0v) is 11.6. The number of para-hydroxylation sites is 2. The summed E-state index contributed by atoms with van der Waals surface area (Å²) in [5.74, 6) is 0.339. The Balaban J connectivity index is 2.26. The van der Waals surface area contributed by atoms with Crippen molar-refractivity contribution in [2.75, 3.05) is 0 Å². The molecule has 0 bridgehead atoms. The number of aryl methyl sites for hydroxylation is 1. The van der Waals surface area contributed by atoms with Crippen LogP contribution in [0.3, 0.4) is 0 Å². The van der Waals surface area contributed by atoms with E-state index in [1.807, 2.05) is 35.8 Å². The van der Waals surface area contributed by atoms with Gasteiger partial charge >= 0.3 is 0 Å². The van der Waals surface area contributed by atoms with Crippen LogP contribution >= 0.6 is 11.6 Å². The minimum absolute atomic E-state index is 0.390. The number of aromatic nitrogens is 2. The van der Waals surface area contributed by atoms with E-state index in [0.29, 0.717) is 10.6 Å². The molecule has 20 heavy (non-hydrogen) atoms. The smallest absolute Gasteiger partial charge is 0.248 e.